The fraction of sp³-hybridized carbons (Fsp3) is 0. The zero-order valence-electron chi connectivity index (χ0n) is 15.8. The van der Waals surface area contributed by atoms with E-state index in [0.717, 1.165) is 34.4 Å². The van der Waals surface area contributed by atoms with Crippen molar-refractivity contribution in [3.8, 4) is 27.6 Å². The van der Waals surface area contributed by atoms with E-state index in [1.165, 1.54) is 16.0 Å². The van der Waals surface area contributed by atoms with E-state index in [0.29, 0.717) is 10.8 Å². The first-order valence-electron chi connectivity index (χ1n) is 9.14. The molecule has 0 amide bonds. The average molecular weight is 449 g/mol. The van der Waals surface area contributed by atoms with Crippen molar-refractivity contribution in [2.45, 2.75) is 0 Å². The Hall–Kier alpha value is -3.76. The number of azo groups is 1. The summed E-state index contributed by atoms with van der Waals surface area (Å²) in [5.41, 5.74) is 2.66. The molecule has 0 aliphatic heterocycles. The summed E-state index contributed by atoms with van der Waals surface area (Å²) < 4.78 is 14.6. The normalized spacial score (nSPS) is 11.4. The summed E-state index contributed by atoms with van der Waals surface area (Å²) in [6.45, 7) is 0. The molecule has 0 aliphatic carbocycles. The molecule has 0 saturated carbocycles. The van der Waals surface area contributed by atoms with E-state index in [4.69, 9.17) is 0 Å². The molecular weight excluding hydrogens is 435 g/mol. The molecule has 152 valence electrons. The van der Waals surface area contributed by atoms with Crippen LogP contribution in [0.2, 0.25) is 0 Å². The van der Waals surface area contributed by atoms with E-state index in [1.54, 1.807) is 0 Å². The molecule has 31 heavy (non-hydrogen) atoms. The van der Waals surface area contributed by atoms with Crippen LogP contribution in [0.5, 0.6) is 0 Å². The minimum Gasteiger partial charge on any atom is -0.286 e. The molecule has 0 radical (unpaired) electrons. The molecule has 5 aromatic rings. The Morgan fingerprint density at radius 1 is 0.968 bits per heavy atom. The van der Waals surface area contributed by atoms with Crippen LogP contribution in [0, 0.1) is 5.13 Å². The van der Waals surface area contributed by atoms with Gasteiger partial charge < -0.3 is 0 Å². The third kappa shape index (κ3) is 3.86. The van der Waals surface area contributed by atoms with E-state index >= 15 is 0 Å². The highest BCUT2D eigenvalue weighted by Crippen LogP contribution is 2.30. The zero-order chi connectivity index (χ0) is 21.2. The first-order chi connectivity index (χ1) is 15.2. The number of H-pyrrole nitrogens is 1. The lowest BCUT2D eigenvalue weighted by Gasteiger charge is -1.98. The number of hydrogen-bond donors (Lipinski definition) is 1. The second-order valence-electron chi connectivity index (χ2n) is 6.37. The average Bonchev–Trinajstić information content (AvgIpc) is 3.53. The monoisotopic (exact) mass is 448 g/mol. The Morgan fingerprint density at radius 2 is 1.68 bits per heavy atom. The van der Waals surface area contributed by atoms with E-state index in [9.17, 15) is 9.18 Å². The molecule has 0 spiro atoms. The van der Waals surface area contributed by atoms with Gasteiger partial charge in [0, 0.05) is 16.5 Å². The van der Waals surface area contributed by atoms with Crippen molar-refractivity contribution in [2.75, 3.05) is 0 Å². The highest BCUT2D eigenvalue weighted by Gasteiger charge is 2.19. The third-order valence-corrected chi connectivity index (χ3v) is 5.88. The first kappa shape index (κ1) is 19.2. The minimum atomic E-state index is -0.472. The van der Waals surface area contributed by atoms with Crippen LogP contribution >= 0.6 is 22.7 Å². The molecule has 3 aromatic heterocycles. The van der Waals surface area contributed by atoms with Gasteiger partial charge in [-0.2, -0.15) is 9.07 Å². The van der Waals surface area contributed by atoms with E-state index < -0.39 is 10.7 Å². The van der Waals surface area contributed by atoms with Gasteiger partial charge >= 0.3 is 5.56 Å². The molecule has 7 nitrogen and oxygen atoms in total. The summed E-state index contributed by atoms with van der Waals surface area (Å²) in [5.74, 6) is 0. The molecular formula is C21H13FN6OS2. The van der Waals surface area contributed by atoms with Crippen molar-refractivity contribution in [1.29, 1.82) is 0 Å². The molecule has 2 aromatic carbocycles. The molecule has 0 atom stereocenters. The Kier molecular flexibility index (Phi) is 5.06. The molecule has 1 N–H and O–H groups in total. The van der Waals surface area contributed by atoms with Crippen LogP contribution in [0.25, 0.3) is 27.6 Å². The molecule has 0 saturated heterocycles. The second-order valence-corrected chi connectivity index (χ2v) is 8.17. The van der Waals surface area contributed by atoms with E-state index in [2.05, 4.69) is 25.3 Å². The van der Waals surface area contributed by atoms with Crippen molar-refractivity contribution in [3.05, 3.63) is 87.7 Å². The van der Waals surface area contributed by atoms with E-state index in [-0.39, 0.29) is 10.8 Å². The molecule has 0 fully saturated rings. The maximum Gasteiger partial charge on any atom is 0.301 e. The highest BCUT2D eigenvalue weighted by molar-refractivity contribution is 7.13. The molecule has 0 bridgehead atoms. The molecule has 0 aliphatic rings. The van der Waals surface area contributed by atoms with Gasteiger partial charge in [0.1, 0.15) is 0 Å². The van der Waals surface area contributed by atoms with Crippen molar-refractivity contribution in [1.82, 2.24) is 19.7 Å². The smallest absolute Gasteiger partial charge is 0.286 e. The number of aromatic nitrogens is 4. The summed E-state index contributed by atoms with van der Waals surface area (Å²) in [7, 11) is 0. The standard InChI is InChI=1S/C21H13FN6OS2/c22-16-11-23-20(31-16)26-25-18-17(14-9-5-2-6-10-14)27-28(19(18)29)21-24-15(12-30-21)13-7-3-1-4-8-13/h1-12,27H. The van der Waals surface area contributed by atoms with Crippen LogP contribution in [0.4, 0.5) is 15.2 Å². The lowest BCUT2D eigenvalue weighted by Crippen LogP contribution is -2.13. The number of aromatic amines is 1. The van der Waals surface area contributed by atoms with Gasteiger partial charge in [0.25, 0.3) is 0 Å². The number of nitrogens with one attached hydrogen (secondary N) is 1. The van der Waals surface area contributed by atoms with Crippen molar-refractivity contribution in [3.63, 3.8) is 0 Å². The quantitative estimate of drug-likeness (QED) is 0.336. The molecule has 5 rings (SSSR count). The number of benzene rings is 2. The van der Waals surface area contributed by atoms with Gasteiger partial charge in [0.15, 0.2) is 10.8 Å². The Balaban J connectivity index is 1.61. The molecule has 3 heterocycles. The van der Waals surface area contributed by atoms with Crippen LogP contribution in [0.3, 0.4) is 0 Å². The van der Waals surface area contributed by atoms with Crippen molar-refractivity contribution < 1.29 is 4.39 Å². The third-order valence-electron chi connectivity index (χ3n) is 4.38. The first-order valence-corrected chi connectivity index (χ1v) is 10.8. The van der Waals surface area contributed by atoms with E-state index in [1.807, 2.05) is 66.0 Å². The maximum absolute atomic E-state index is 13.2. The Morgan fingerprint density at radius 3 is 2.35 bits per heavy atom. The van der Waals surface area contributed by atoms with Crippen molar-refractivity contribution in [2.24, 2.45) is 10.2 Å². The second kappa shape index (κ2) is 8.17. The largest absolute Gasteiger partial charge is 0.301 e. The van der Waals surface area contributed by atoms with Crippen LogP contribution < -0.4 is 5.56 Å². The maximum atomic E-state index is 13.2. The van der Waals surface area contributed by atoms with Crippen LogP contribution in [0.1, 0.15) is 0 Å². The van der Waals surface area contributed by atoms with Crippen LogP contribution in [-0.2, 0) is 0 Å². The van der Waals surface area contributed by atoms with Gasteiger partial charge in [-0.1, -0.05) is 72.0 Å². The summed E-state index contributed by atoms with van der Waals surface area (Å²) in [6.07, 6.45) is 1.06. The predicted molar refractivity (Wildman–Crippen MR) is 119 cm³/mol. The van der Waals surface area contributed by atoms with Gasteiger partial charge in [-0.25, -0.2) is 9.97 Å². The number of rotatable bonds is 5. The summed E-state index contributed by atoms with van der Waals surface area (Å²) >= 11 is 2.09. The summed E-state index contributed by atoms with van der Waals surface area (Å²) in [4.78, 5) is 21.6. The van der Waals surface area contributed by atoms with Gasteiger partial charge in [-0.15, -0.1) is 21.6 Å². The fourth-order valence-electron chi connectivity index (χ4n) is 2.96. The lowest BCUT2D eigenvalue weighted by molar-refractivity contribution is 0.653. The number of thiazole rings is 2. The van der Waals surface area contributed by atoms with Crippen LogP contribution in [0.15, 0.2) is 87.3 Å². The molecule has 10 heteroatoms. The zero-order valence-corrected chi connectivity index (χ0v) is 17.4. The Bertz CT molecular complexity index is 1420. The van der Waals surface area contributed by atoms with Gasteiger partial charge in [0.05, 0.1) is 17.6 Å². The van der Waals surface area contributed by atoms with Gasteiger partial charge in [-0.05, 0) is 0 Å². The van der Waals surface area contributed by atoms with Gasteiger partial charge in [0.2, 0.25) is 10.3 Å². The lowest BCUT2D eigenvalue weighted by atomic mass is 10.1. The predicted octanol–water partition coefficient (Wildman–Crippen LogP) is 5.97. The number of hydrogen-bond acceptors (Lipinski definition) is 7. The minimum absolute atomic E-state index is 0.0956. The Labute approximate surface area is 183 Å². The number of nitrogens with zero attached hydrogens (tertiary/aromatic N) is 5. The van der Waals surface area contributed by atoms with Gasteiger partial charge in [-0.3, -0.25) is 9.89 Å². The number of halogens is 1. The highest BCUT2D eigenvalue weighted by atomic mass is 32.1. The molecule has 0 unspecified atom stereocenters. The summed E-state index contributed by atoms with van der Waals surface area (Å²) in [5, 5.41) is 13.2. The fourth-order valence-corrected chi connectivity index (χ4v) is 4.21. The summed E-state index contributed by atoms with van der Waals surface area (Å²) in [6, 6.07) is 19.0. The SMILES string of the molecule is O=c1c(N=Nc2ncc(F)s2)c(-c2ccccc2)[nH]n1-c1nc(-c2ccccc2)cs1. The topological polar surface area (TPSA) is 88.3 Å². The van der Waals surface area contributed by atoms with Crippen LogP contribution in [-0.4, -0.2) is 19.7 Å². The van der Waals surface area contributed by atoms with Crippen molar-refractivity contribution >= 4 is 33.5 Å².